The lowest BCUT2D eigenvalue weighted by Crippen LogP contribution is -2.20. The van der Waals surface area contributed by atoms with Crippen molar-refractivity contribution in [3.05, 3.63) is 11.8 Å². The summed E-state index contributed by atoms with van der Waals surface area (Å²) in [7, 11) is 1.54. The molecule has 0 aliphatic heterocycles. The predicted molar refractivity (Wildman–Crippen MR) is 49.7 cm³/mol. The zero-order valence-electron chi connectivity index (χ0n) is 7.09. The van der Waals surface area contributed by atoms with Gasteiger partial charge in [0.25, 0.3) is 0 Å². The minimum atomic E-state index is -0.214. The Morgan fingerprint density at radius 3 is 2.67 bits per heavy atom. The molecule has 0 unspecified atom stereocenters. The van der Waals surface area contributed by atoms with Gasteiger partial charge in [0.1, 0.15) is 0 Å². The molecule has 68 valence electrons. The van der Waals surface area contributed by atoms with E-state index in [1.165, 1.54) is 24.9 Å². The Kier molecular flexibility index (Phi) is 6.18. The van der Waals surface area contributed by atoms with Crippen LogP contribution in [0.3, 0.4) is 0 Å². The maximum Gasteiger partial charge on any atom is 0.245 e. The Morgan fingerprint density at radius 1 is 1.58 bits per heavy atom. The Labute approximate surface area is 75.8 Å². The number of hydrogen-bond acceptors (Lipinski definition) is 3. The number of thioether (sulfide) groups is 1. The quantitative estimate of drug-likeness (QED) is 0.461. The van der Waals surface area contributed by atoms with E-state index in [-0.39, 0.29) is 5.91 Å². The van der Waals surface area contributed by atoms with Crippen molar-refractivity contribution < 1.29 is 9.59 Å². The molecule has 2 amide bonds. The topological polar surface area (TPSA) is 58.2 Å². The van der Waals surface area contributed by atoms with Crippen molar-refractivity contribution in [1.82, 2.24) is 10.6 Å². The molecule has 0 aromatic rings. The van der Waals surface area contributed by atoms with E-state index < -0.39 is 0 Å². The van der Waals surface area contributed by atoms with Gasteiger partial charge < -0.3 is 10.6 Å². The van der Waals surface area contributed by atoms with Crippen LogP contribution in [0.5, 0.6) is 0 Å². The average molecular weight is 188 g/mol. The summed E-state index contributed by atoms with van der Waals surface area (Å²) in [6.45, 7) is 0. The number of carbonyl (C=O) groups excluding carboxylic acids is 2. The van der Waals surface area contributed by atoms with Crippen LogP contribution in [0.2, 0.25) is 0 Å². The van der Waals surface area contributed by atoms with Crippen LogP contribution in [0.25, 0.3) is 0 Å². The van der Waals surface area contributed by atoms with E-state index in [9.17, 15) is 9.59 Å². The van der Waals surface area contributed by atoms with Gasteiger partial charge in [0, 0.05) is 24.6 Å². The van der Waals surface area contributed by atoms with Gasteiger partial charge in [0.2, 0.25) is 12.3 Å². The van der Waals surface area contributed by atoms with Crippen LogP contribution >= 0.6 is 11.8 Å². The first-order chi connectivity index (χ1) is 5.74. The summed E-state index contributed by atoms with van der Waals surface area (Å²) < 4.78 is 0. The second-order valence-corrected chi connectivity index (χ2v) is 2.85. The van der Waals surface area contributed by atoms with Crippen LogP contribution in [0.15, 0.2) is 11.8 Å². The lowest BCUT2D eigenvalue weighted by molar-refractivity contribution is -0.116. The SMILES string of the molecule is CNC(=O)/C=C(/CSC)NC=O. The normalized spacial score (nSPS) is 10.7. The summed E-state index contributed by atoms with van der Waals surface area (Å²) in [6, 6.07) is 0. The molecule has 0 radical (unpaired) electrons. The molecule has 0 saturated carbocycles. The van der Waals surface area contributed by atoms with Gasteiger partial charge in [-0.1, -0.05) is 0 Å². The molecule has 0 aromatic heterocycles. The van der Waals surface area contributed by atoms with E-state index in [2.05, 4.69) is 10.6 Å². The van der Waals surface area contributed by atoms with Crippen molar-refractivity contribution >= 4 is 24.1 Å². The molecule has 0 aromatic carbocycles. The van der Waals surface area contributed by atoms with Crippen molar-refractivity contribution in [2.45, 2.75) is 0 Å². The molecule has 0 fully saturated rings. The standard InChI is InChI=1S/C7H12N2O2S/c1-8-7(11)3-6(4-12-2)9-5-10/h3,5H,4H2,1-2H3,(H,8,11)(H,9,10)/b6-3-. The lowest BCUT2D eigenvalue weighted by atomic mass is 10.4. The van der Waals surface area contributed by atoms with E-state index in [1.54, 1.807) is 0 Å². The molecule has 0 spiro atoms. The molecule has 0 heterocycles. The fraction of sp³-hybridized carbons (Fsp3) is 0.429. The molecule has 5 heteroatoms. The Bertz CT molecular complexity index is 192. The van der Waals surface area contributed by atoms with E-state index in [1.807, 2.05) is 6.26 Å². The van der Waals surface area contributed by atoms with Gasteiger partial charge in [-0.2, -0.15) is 11.8 Å². The van der Waals surface area contributed by atoms with E-state index in [0.717, 1.165) is 0 Å². The van der Waals surface area contributed by atoms with Crippen molar-refractivity contribution in [3.8, 4) is 0 Å². The fourth-order valence-electron chi connectivity index (χ4n) is 0.587. The number of likely N-dealkylation sites (N-methyl/N-ethyl adjacent to an activating group) is 1. The van der Waals surface area contributed by atoms with Gasteiger partial charge in [-0.25, -0.2) is 0 Å². The van der Waals surface area contributed by atoms with Crippen LogP contribution in [-0.2, 0) is 9.59 Å². The molecule has 0 bridgehead atoms. The second kappa shape index (κ2) is 6.72. The predicted octanol–water partition coefficient (Wildman–Crippen LogP) is -0.275. The highest BCUT2D eigenvalue weighted by Gasteiger charge is 1.97. The molecular formula is C7H12N2O2S. The molecule has 12 heavy (non-hydrogen) atoms. The van der Waals surface area contributed by atoms with Crippen molar-refractivity contribution in [2.75, 3.05) is 19.1 Å². The zero-order valence-corrected chi connectivity index (χ0v) is 7.90. The highest BCUT2D eigenvalue weighted by atomic mass is 32.2. The highest BCUT2D eigenvalue weighted by molar-refractivity contribution is 7.98. The van der Waals surface area contributed by atoms with Crippen LogP contribution < -0.4 is 10.6 Å². The number of carbonyl (C=O) groups is 2. The van der Waals surface area contributed by atoms with Gasteiger partial charge in [0.15, 0.2) is 0 Å². The number of nitrogens with one attached hydrogen (secondary N) is 2. The Morgan fingerprint density at radius 2 is 2.25 bits per heavy atom. The van der Waals surface area contributed by atoms with Gasteiger partial charge in [-0.15, -0.1) is 0 Å². The summed E-state index contributed by atoms with van der Waals surface area (Å²) in [5.74, 6) is 0.403. The van der Waals surface area contributed by atoms with Gasteiger partial charge in [0.05, 0.1) is 0 Å². The number of amides is 2. The third kappa shape index (κ3) is 4.79. The number of hydrogen-bond donors (Lipinski definition) is 2. The van der Waals surface area contributed by atoms with Crippen LogP contribution in [0.1, 0.15) is 0 Å². The lowest BCUT2D eigenvalue weighted by Gasteiger charge is -2.02. The molecule has 2 N–H and O–H groups in total. The number of rotatable bonds is 5. The summed E-state index contributed by atoms with van der Waals surface area (Å²) in [5, 5.41) is 4.88. The summed E-state index contributed by atoms with van der Waals surface area (Å²) in [6.07, 6.45) is 3.82. The summed E-state index contributed by atoms with van der Waals surface area (Å²) >= 11 is 1.53. The minimum absolute atomic E-state index is 0.214. The maximum absolute atomic E-state index is 10.8. The molecule has 0 aliphatic carbocycles. The molecule has 0 atom stereocenters. The minimum Gasteiger partial charge on any atom is -0.356 e. The smallest absolute Gasteiger partial charge is 0.245 e. The Balaban J connectivity index is 4.15. The van der Waals surface area contributed by atoms with Crippen LogP contribution in [-0.4, -0.2) is 31.4 Å². The van der Waals surface area contributed by atoms with Crippen LogP contribution in [0, 0.1) is 0 Å². The first-order valence-corrected chi connectivity index (χ1v) is 4.75. The third-order valence-electron chi connectivity index (χ3n) is 1.10. The maximum atomic E-state index is 10.8. The molecule has 4 nitrogen and oxygen atoms in total. The zero-order chi connectivity index (χ0) is 9.40. The Hall–Kier alpha value is -0.970. The van der Waals surface area contributed by atoms with Gasteiger partial charge in [-0.05, 0) is 6.26 Å². The van der Waals surface area contributed by atoms with E-state index in [4.69, 9.17) is 0 Å². The first kappa shape index (κ1) is 11.0. The van der Waals surface area contributed by atoms with Crippen molar-refractivity contribution in [1.29, 1.82) is 0 Å². The molecule has 0 rings (SSSR count). The average Bonchev–Trinajstić information content (AvgIpc) is 2.05. The fourth-order valence-corrected chi connectivity index (χ4v) is 1.06. The highest BCUT2D eigenvalue weighted by Crippen LogP contribution is 1.99. The van der Waals surface area contributed by atoms with E-state index in [0.29, 0.717) is 17.9 Å². The summed E-state index contributed by atoms with van der Waals surface area (Å²) in [4.78, 5) is 20.9. The molecule has 0 saturated heterocycles. The summed E-state index contributed by atoms with van der Waals surface area (Å²) in [5.41, 5.74) is 0.608. The first-order valence-electron chi connectivity index (χ1n) is 3.36. The largest absolute Gasteiger partial charge is 0.356 e. The van der Waals surface area contributed by atoms with Crippen LogP contribution in [0.4, 0.5) is 0 Å². The van der Waals surface area contributed by atoms with Gasteiger partial charge >= 0.3 is 0 Å². The second-order valence-electron chi connectivity index (χ2n) is 1.98. The molecule has 0 aliphatic rings. The van der Waals surface area contributed by atoms with Gasteiger partial charge in [-0.3, -0.25) is 9.59 Å². The molecular weight excluding hydrogens is 176 g/mol. The van der Waals surface area contributed by atoms with E-state index >= 15 is 0 Å². The van der Waals surface area contributed by atoms with Crippen molar-refractivity contribution in [2.24, 2.45) is 0 Å². The monoisotopic (exact) mass is 188 g/mol. The third-order valence-corrected chi connectivity index (χ3v) is 1.70. The van der Waals surface area contributed by atoms with Crippen molar-refractivity contribution in [3.63, 3.8) is 0 Å².